The molecule has 9 nitrogen and oxygen atoms in total. The second kappa shape index (κ2) is 12.1. The third kappa shape index (κ3) is 6.44. The SMILES string of the molecule is CCCC(CC(N)=O)C(=O)Nc1cccc(Nc2cc3ccccc3c(Nc3ccc(-c4cn[nH]c4)cc3)n2)c1. The summed E-state index contributed by atoms with van der Waals surface area (Å²) < 4.78 is 0. The number of H-pyrrole nitrogens is 1. The monoisotopic (exact) mass is 533 g/mol. The van der Waals surface area contributed by atoms with Gasteiger partial charge in [0.2, 0.25) is 11.8 Å². The van der Waals surface area contributed by atoms with E-state index in [9.17, 15) is 9.59 Å². The molecule has 0 saturated carbocycles. The van der Waals surface area contributed by atoms with Gasteiger partial charge < -0.3 is 21.7 Å². The molecule has 0 saturated heterocycles. The fourth-order valence-corrected chi connectivity index (χ4v) is 4.63. The van der Waals surface area contributed by atoms with Crippen molar-refractivity contribution in [2.45, 2.75) is 26.2 Å². The van der Waals surface area contributed by atoms with Gasteiger partial charge in [-0.3, -0.25) is 14.7 Å². The maximum absolute atomic E-state index is 12.8. The molecule has 5 rings (SSSR count). The van der Waals surface area contributed by atoms with E-state index in [0.717, 1.165) is 45.5 Å². The van der Waals surface area contributed by atoms with Crippen molar-refractivity contribution >= 4 is 51.3 Å². The van der Waals surface area contributed by atoms with Crippen LogP contribution in [0.25, 0.3) is 21.9 Å². The Balaban J connectivity index is 1.36. The molecule has 0 radical (unpaired) electrons. The molecule has 5 aromatic rings. The molecule has 0 aliphatic heterocycles. The van der Waals surface area contributed by atoms with Gasteiger partial charge in [-0.05, 0) is 53.8 Å². The van der Waals surface area contributed by atoms with Gasteiger partial charge in [-0.1, -0.05) is 55.8 Å². The summed E-state index contributed by atoms with van der Waals surface area (Å²) in [7, 11) is 0. The Hall–Kier alpha value is -5.18. The van der Waals surface area contributed by atoms with Crippen molar-refractivity contribution in [3.63, 3.8) is 0 Å². The largest absolute Gasteiger partial charge is 0.370 e. The number of nitrogens with zero attached hydrogens (tertiary/aromatic N) is 2. The molecule has 2 amide bonds. The number of aromatic amines is 1. The van der Waals surface area contributed by atoms with Gasteiger partial charge in [0.15, 0.2) is 0 Å². The van der Waals surface area contributed by atoms with Crippen LogP contribution in [0.4, 0.5) is 28.7 Å². The highest BCUT2D eigenvalue weighted by Crippen LogP contribution is 2.30. The third-order valence-corrected chi connectivity index (χ3v) is 6.58. The maximum Gasteiger partial charge on any atom is 0.228 e. The van der Waals surface area contributed by atoms with Crippen LogP contribution < -0.4 is 21.7 Å². The number of anilines is 5. The predicted molar refractivity (Wildman–Crippen MR) is 160 cm³/mol. The molecule has 0 aliphatic rings. The Morgan fingerprint density at radius 2 is 1.70 bits per heavy atom. The van der Waals surface area contributed by atoms with E-state index in [1.165, 1.54) is 0 Å². The number of hydrogen-bond donors (Lipinski definition) is 5. The summed E-state index contributed by atoms with van der Waals surface area (Å²) in [5.41, 5.74) is 9.73. The highest BCUT2D eigenvalue weighted by atomic mass is 16.2. The van der Waals surface area contributed by atoms with E-state index >= 15 is 0 Å². The van der Waals surface area contributed by atoms with Crippen LogP contribution in [0.2, 0.25) is 0 Å². The molecule has 2 heterocycles. The molecule has 0 bridgehead atoms. The van der Waals surface area contributed by atoms with Crippen LogP contribution in [0.1, 0.15) is 26.2 Å². The standard InChI is InChI=1S/C31H31N7O2/c1-2-6-22(15-28(32)39)31(40)37-26-9-5-8-25(17-26)35-29-16-21-7-3-4-10-27(21)30(38-29)36-24-13-11-20(12-14-24)23-18-33-34-19-23/h3-5,7-14,16-19,22H,2,6,15H2,1H3,(H2,32,39)(H,33,34)(H,37,40)(H2,35,36,38). The maximum atomic E-state index is 12.8. The summed E-state index contributed by atoms with van der Waals surface area (Å²) in [6.45, 7) is 1.97. The zero-order chi connectivity index (χ0) is 27.9. The van der Waals surface area contributed by atoms with E-state index in [1.54, 1.807) is 6.20 Å². The molecule has 202 valence electrons. The zero-order valence-corrected chi connectivity index (χ0v) is 22.1. The number of aromatic nitrogens is 3. The van der Waals surface area contributed by atoms with Crippen LogP contribution in [-0.4, -0.2) is 27.0 Å². The number of nitrogens with two attached hydrogens (primary N) is 1. The van der Waals surface area contributed by atoms with Crippen molar-refractivity contribution in [3.05, 3.63) is 91.3 Å². The molecule has 1 unspecified atom stereocenters. The quantitative estimate of drug-likeness (QED) is 0.134. The second-order valence-electron chi connectivity index (χ2n) is 9.62. The molecule has 3 aromatic carbocycles. The van der Waals surface area contributed by atoms with Crippen molar-refractivity contribution in [2.24, 2.45) is 11.7 Å². The summed E-state index contributed by atoms with van der Waals surface area (Å²) in [6.07, 6.45) is 5.05. The van der Waals surface area contributed by atoms with E-state index in [4.69, 9.17) is 10.7 Å². The van der Waals surface area contributed by atoms with Gasteiger partial charge in [0.05, 0.1) is 6.20 Å². The minimum Gasteiger partial charge on any atom is -0.370 e. The van der Waals surface area contributed by atoms with Gasteiger partial charge >= 0.3 is 0 Å². The lowest BCUT2D eigenvalue weighted by Crippen LogP contribution is -2.27. The number of hydrogen-bond acceptors (Lipinski definition) is 6. The number of carbonyl (C=O) groups is 2. The third-order valence-electron chi connectivity index (χ3n) is 6.58. The molecular weight excluding hydrogens is 502 g/mol. The summed E-state index contributed by atoms with van der Waals surface area (Å²) in [5, 5.41) is 18.6. The first-order valence-corrected chi connectivity index (χ1v) is 13.2. The lowest BCUT2D eigenvalue weighted by molar-refractivity contribution is -0.126. The van der Waals surface area contributed by atoms with Gasteiger partial charge in [0, 0.05) is 46.5 Å². The van der Waals surface area contributed by atoms with Gasteiger partial charge in [-0.15, -0.1) is 0 Å². The topological polar surface area (TPSA) is 138 Å². The van der Waals surface area contributed by atoms with Crippen LogP contribution in [0.5, 0.6) is 0 Å². The first-order chi connectivity index (χ1) is 19.5. The lowest BCUT2D eigenvalue weighted by atomic mass is 9.98. The summed E-state index contributed by atoms with van der Waals surface area (Å²) >= 11 is 0. The van der Waals surface area contributed by atoms with Gasteiger partial charge in [-0.2, -0.15) is 5.10 Å². The molecule has 9 heteroatoms. The molecule has 40 heavy (non-hydrogen) atoms. The first-order valence-electron chi connectivity index (χ1n) is 13.2. The van der Waals surface area contributed by atoms with Crippen LogP contribution in [0.15, 0.2) is 91.3 Å². The molecule has 0 spiro atoms. The first kappa shape index (κ1) is 26.4. The van der Waals surface area contributed by atoms with Crippen LogP contribution in [0, 0.1) is 5.92 Å². The number of fused-ring (bicyclic) bond motifs is 1. The highest BCUT2D eigenvalue weighted by Gasteiger charge is 2.20. The Morgan fingerprint density at radius 3 is 2.45 bits per heavy atom. The number of benzene rings is 3. The van der Waals surface area contributed by atoms with Crippen molar-refractivity contribution < 1.29 is 9.59 Å². The average molecular weight is 534 g/mol. The van der Waals surface area contributed by atoms with E-state index in [1.807, 2.05) is 92.0 Å². The average Bonchev–Trinajstić information content (AvgIpc) is 3.48. The Labute approximate surface area is 232 Å². The Bertz CT molecular complexity index is 1620. The van der Waals surface area contributed by atoms with Gasteiger partial charge in [0.25, 0.3) is 0 Å². The summed E-state index contributed by atoms with van der Waals surface area (Å²) in [5.74, 6) is 0.215. The molecule has 0 aliphatic carbocycles. The Kier molecular flexibility index (Phi) is 8.01. The van der Waals surface area contributed by atoms with E-state index in [2.05, 4.69) is 26.1 Å². The number of pyridine rings is 1. The number of rotatable bonds is 11. The number of primary amides is 1. The molecule has 2 aromatic heterocycles. The fraction of sp³-hybridized carbons (Fsp3) is 0.161. The summed E-state index contributed by atoms with van der Waals surface area (Å²) in [4.78, 5) is 29.1. The van der Waals surface area contributed by atoms with E-state index in [0.29, 0.717) is 17.9 Å². The minimum atomic E-state index is -0.482. The van der Waals surface area contributed by atoms with Gasteiger partial charge in [0.1, 0.15) is 11.6 Å². The molecule has 6 N–H and O–H groups in total. The molecular formula is C31H31N7O2. The smallest absolute Gasteiger partial charge is 0.228 e. The van der Waals surface area contributed by atoms with Crippen molar-refractivity contribution in [1.82, 2.24) is 15.2 Å². The van der Waals surface area contributed by atoms with E-state index in [-0.39, 0.29) is 12.3 Å². The van der Waals surface area contributed by atoms with E-state index < -0.39 is 11.8 Å². The number of amides is 2. The summed E-state index contributed by atoms with van der Waals surface area (Å²) in [6, 6.07) is 25.5. The fourth-order valence-electron chi connectivity index (χ4n) is 4.63. The molecule has 1 atom stereocenters. The van der Waals surface area contributed by atoms with Crippen molar-refractivity contribution in [2.75, 3.05) is 16.0 Å². The predicted octanol–water partition coefficient (Wildman–Crippen LogP) is 6.34. The number of carbonyl (C=O) groups excluding carboxylic acids is 2. The van der Waals surface area contributed by atoms with Crippen molar-refractivity contribution in [1.29, 1.82) is 0 Å². The Morgan fingerprint density at radius 1 is 0.900 bits per heavy atom. The lowest BCUT2D eigenvalue weighted by Gasteiger charge is -2.16. The van der Waals surface area contributed by atoms with Crippen LogP contribution in [-0.2, 0) is 9.59 Å². The minimum absolute atomic E-state index is 0.0282. The molecule has 0 fully saturated rings. The zero-order valence-electron chi connectivity index (χ0n) is 22.1. The van der Waals surface area contributed by atoms with Gasteiger partial charge in [-0.25, -0.2) is 4.98 Å². The second-order valence-corrected chi connectivity index (χ2v) is 9.62. The van der Waals surface area contributed by atoms with Crippen molar-refractivity contribution in [3.8, 4) is 11.1 Å². The highest BCUT2D eigenvalue weighted by molar-refractivity contribution is 5.97. The normalized spacial score (nSPS) is 11.6. The number of nitrogens with one attached hydrogen (secondary N) is 4. The van der Waals surface area contributed by atoms with Crippen LogP contribution in [0.3, 0.4) is 0 Å². The van der Waals surface area contributed by atoms with Crippen LogP contribution >= 0.6 is 0 Å².